The molecule has 1 heterocycles. The molecule has 324 valence electrons. The Morgan fingerprint density at radius 1 is 0.431 bits per heavy atom. The van der Waals surface area contributed by atoms with Crippen molar-refractivity contribution < 1.29 is 38.0 Å². The number of benzene rings is 8. The number of hydrogen-bond acceptors (Lipinski definition) is 8. The van der Waals surface area contributed by atoms with E-state index >= 15 is 0 Å². The molecule has 1 aliphatic rings. The third kappa shape index (κ3) is 11.4. The molecule has 8 heteroatoms. The monoisotopic (exact) mass is 860 g/mol. The van der Waals surface area contributed by atoms with Gasteiger partial charge in [-0.1, -0.05) is 158 Å². The van der Waals surface area contributed by atoms with E-state index in [1.165, 1.54) is 0 Å². The maximum atomic E-state index is 14.1. The van der Waals surface area contributed by atoms with E-state index in [4.69, 9.17) is 33.2 Å². The molecule has 8 nitrogen and oxygen atoms in total. The smallest absolute Gasteiger partial charge is 0.338 e. The summed E-state index contributed by atoms with van der Waals surface area (Å²) >= 11 is 0. The normalized spacial score (nSPS) is 14.0. The second-order valence-electron chi connectivity index (χ2n) is 15.7. The summed E-state index contributed by atoms with van der Waals surface area (Å²) in [6.07, 6.45) is -1.25. The Hall–Kier alpha value is -7.97. The first kappa shape index (κ1) is 42.3. The quantitative estimate of drug-likeness (QED) is 0.0789. The van der Waals surface area contributed by atoms with Crippen LogP contribution in [-0.4, -0.2) is 12.1 Å². The Morgan fingerprint density at radius 2 is 0.877 bits per heavy atom. The van der Waals surface area contributed by atoms with Gasteiger partial charge in [-0.2, -0.15) is 0 Å². The van der Waals surface area contributed by atoms with E-state index in [0.717, 1.165) is 38.9 Å². The topological polar surface area (TPSA) is 81.7 Å². The fourth-order valence-electron chi connectivity index (χ4n) is 7.54. The third-order valence-electron chi connectivity index (χ3n) is 11.0. The van der Waals surface area contributed by atoms with Gasteiger partial charge in [-0.25, -0.2) is 4.79 Å². The zero-order valence-corrected chi connectivity index (χ0v) is 35.8. The number of esters is 1. The second kappa shape index (κ2) is 20.9. The molecule has 0 aromatic heterocycles. The second-order valence-corrected chi connectivity index (χ2v) is 15.7. The highest BCUT2D eigenvalue weighted by atomic mass is 16.6. The molecule has 2 atom stereocenters. The van der Waals surface area contributed by atoms with Gasteiger partial charge in [-0.05, 0) is 64.2 Å². The summed E-state index contributed by atoms with van der Waals surface area (Å²) in [4.78, 5) is 14.1. The Labute approximate surface area is 379 Å². The molecule has 0 amide bonds. The zero-order chi connectivity index (χ0) is 44.0. The fraction of sp³-hybridized carbons (Fsp3) is 0.140. The van der Waals surface area contributed by atoms with Crippen LogP contribution in [0.3, 0.4) is 0 Å². The van der Waals surface area contributed by atoms with E-state index in [9.17, 15) is 4.79 Å². The summed E-state index contributed by atoms with van der Waals surface area (Å²) in [5.74, 6) is 2.95. The molecule has 0 fully saturated rings. The van der Waals surface area contributed by atoms with Gasteiger partial charge in [-0.3, -0.25) is 0 Å². The lowest BCUT2D eigenvalue weighted by Gasteiger charge is -2.35. The molecule has 8 aromatic carbocycles. The number of carbonyl (C=O) groups excluding carboxylic acids is 1. The highest BCUT2D eigenvalue weighted by molar-refractivity contribution is 5.89. The number of fused-ring (bicyclic) bond motifs is 1. The maximum absolute atomic E-state index is 14.1. The van der Waals surface area contributed by atoms with Crippen LogP contribution < -0.4 is 28.4 Å². The molecule has 0 bridgehead atoms. The molecule has 0 saturated heterocycles. The molecule has 0 N–H and O–H groups in total. The van der Waals surface area contributed by atoms with Crippen LogP contribution in [0.4, 0.5) is 0 Å². The van der Waals surface area contributed by atoms with Crippen molar-refractivity contribution in [2.24, 2.45) is 0 Å². The van der Waals surface area contributed by atoms with E-state index in [2.05, 4.69) is 0 Å². The molecule has 0 radical (unpaired) electrons. The molecular formula is C57H48O8. The van der Waals surface area contributed by atoms with Crippen LogP contribution in [0.1, 0.15) is 55.4 Å². The maximum Gasteiger partial charge on any atom is 0.338 e. The van der Waals surface area contributed by atoms with E-state index in [1.54, 1.807) is 24.3 Å². The fourth-order valence-corrected chi connectivity index (χ4v) is 7.54. The molecule has 0 aliphatic carbocycles. The van der Waals surface area contributed by atoms with Crippen molar-refractivity contribution in [2.45, 2.75) is 51.7 Å². The highest BCUT2D eigenvalue weighted by Crippen LogP contribution is 2.45. The van der Waals surface area contributed by atoms with Crippen molar-refractivity contribution in [3.05, 3.63) is 251 Å². The third-order valence-corrected chi connectivity index (χ3v) is 11.0. The molecule has 65 heavy (non-hydrogen) atoms. The van der Waals surface area contributed by atoms with Crippen LogP contribution >= 0.6 is 0 Å². The van der Waals surface area contributed by atoms with Crippen LogP contribution in [-0.2, 0) is 44.2 Å². The van der Waals surface area contributed by atoms with Gasteiger partial charge in [-0.15, -0.1) is 0 Å². The van der Waals surface area contributed by atoms with E-state index < -0.39 is 18.2 Å². The van der Waals surface area contributed by atoms with Crippen molar-refractivity contribution in [1.29, 1.82) is 0 Å². The lowest BCUT2D eigenvalue weighted by atomic mass is 9.93. The van der Waals surface area contributed by atoms with E-state index in [1.807, 2.05) is 182 Å². The van der Waals surface area contributed by atoms with Gasteiger partial charge >= 0.3 is 5.97 Å². The summed E-state index contributed by atoms with van der Waals surface area (Å²) in [5.41, 5.74) is 6.97. The number of rotatable bonds is 18. The first-order valence-electron chi connectivity index (χ1n) is 21.7. The van der Waals surface area contributed by atoms with Crippen molar-refractivity contribution in [3.8, 4) is 34.5 Å². The van der Waals surface area contributed by atoms with Crippen LogP contribution in [0.25, 0.3) is 0 Å². The average molecular weight is 861 g/mol. The molecule has 8 aromatic rings. The van der Waals surface area contributed by atoms with Crippen molar-refractivity contribution in [3.63, 3.8) is 0 Å². The number of ether oxygens (including phenoxy) is 7. The summed E-state index contributed by atoms with van der Waals surface area (Å²) in [7, 11) is 0. The summed E-state index contributed by atoms with van der Waals surface area (Å²) in [6.45, 7) is 1.74. The standard InChI is InChI=1S/C57H48O8/c58-57(46-26-29-48(30-27-46)59-36-41-16-6-1-7-17-41)65-55-35-50-52(62-39-44-22-12-4-13-23-44)33-49(60-37-42-18-8-2-9-19-42)34-53(50)64-56(55)47-28-31-51(61-38-43-20-10-3-11-21-43)54(32-47)63-40-45-24-14-5-15-25-45/h1-34,55-56H,35-40H2/t55-,56+/m1/s1. The average Bonchev–Trinajstić information content (AvgIpc) is 3.37. The van der Waals surface area contributed by atoms with Gasteiger partial charge < -0.3 is 33.2 Å². The van der Waals surface area contributed by atoms with E-state index in [0.29, 0.717) is 79.5 Å². The van der Waals surface area contributed by atoms with Crippen LogP contribution in [0, 0.1) is 0 Å². The van der Waals surface area contributed by atoms with Crippen LogP contribution in [0.2, 0.25) is 0 Å². The Balaban J connectivity index is 1.04. The van der Waals surface area contributed by atoms with Crippen molar-refractivity contribution in [2.75, 3.05) is 0 Å². The molecule has 0 spiro atoms. The van der Waals surface area contributed by atoms with Crippen LogP contribution in [0.5, 0.6) is 34.5 Å². The van der Waals surface area contributed by atoms with Gasteiger partial charge in [0.25, 0.3) is 0 Å². The molecule has 9 rings (SSSR count). The molecule has 0 unspecified atom stereocenters. The van der Waals surface area contributed by atoms with Gasteiger partial charge in [0.05, 0.1) is 5.56 Å². The Bertz CT molecular complexity index is 2750. The highest BCUT2D eigenvalue weighted by Gasteiger charge is 2.37. The predicted molar refractivity (Wildman–Crippen MR) is 249 cm³/mol. The molecule has 1 aliphatic heterocycles. The first-order chi connectivity index (χ1) is 32.1. The van der Waals surface area contributed by atoms with Gasteiger partial charge in [0.15, 0.2) is 17.6 Å². The van der Waals surface area contributed by atoms with Gasteiger partial charge in [0.1, 0.15) is 62.1 Å². The first-order valence-corrected chi connectivity index (χ1v) is 21.7. The predicted octanol–water partition coefficient (Wildman–Crippen LogP) is 12.5. The lowest BCUT2D eigenvalue weighted by Crippen LogP contribution is -2.35. The minimum atomic E-state index is -0.780. The molecular weight excluding hydrogens is 813 g/mol. The number of hydrogen-bond donors (Lipinski definition) is 0. The molecule has 0 saturated carbocycles. The zero-order valence-electron chi connectivity index (χ0n) is 35.8. The largest absolute Gasteiger partial charge is 0.489 e. The van der Waals surface area contributed by atoms with Gasteiger partial charge in [0.2, 0.25) is 0 Å². The summed E-state index contributed by atoms with van der Waals surface area (Å²) in [5, 5.41) is 0. The summed E-state index contributed by atoms with van der Waals surface area (Å²) < 4.78 is 45.3. The minimum Gasteiger partial charge on any atom is -0.489 e. The van der Waals surface area contributed by atoms with Crippen molar-refractivity contribution in [1.82, 2.24) is 0 Å². The Morgan fingerprint density at radius 3 is 1.38 bits per heavy atom. The summed E-state index contributed by atoms with van der Waals surface area (Å²) in [6, 6.07) is 66.3. The number of carbonyl (C=O) groups is 1. The lowest BCUT2D eigenvalue weighted by molar-refractivity contribution is -0.0190. The van der Waals surface area contributed by atoms with Crippen LogP contribution in [0.15, 0.2) is 206 Å². The van der Waals surface area contributed by atoms with E-state index in [-0.39, 0.29) is 0 Å². The van der Waals surface area contributed by atoms with Crippen molar-refractivity contribution >= 4 is 5.97 Å². The van der Waals surface area contributed by atoms with Gasteiger partial charge in [0, 0.05) is 29.7 Å². The Kier molecular flexibility index (Phi) is 13.6. The minimum absolute atomic E-state index is 0.291. The SMILES string of the molecule is O=C(O[C@@H]1Cc2c(OCc3ccccc3)cc(OCc3ccccc3)cc2O[C@H]1c1ccc(OCc2ccccc2)c(OCc2ccccc2)c1)c1ccc(OCc2ccccc2)cc1.